The quantitative estimate of drug-likeness (QED) is 0.481. The Labute approximate surface area is 120 Å². The molecule has 1 heterocycles. The van der Waals surface area contributed by atoms with Gasteiger partial charge in [0.1, 0.15) is 11.4 Å². The molecule has 0 amide bonds. The van der Waals surface area contributed by atoms with Crippen LogP contribution >= 0.6 is 11.6 Å². The Hall–Kier alpha value is -2.15. The molecule has 2 rings (SSSR count). The SMILES string of the molecule is COc1ccc([N+](=O)[O-])cc1Cn1cc(C(C)Cl)nn1. The zero-order valence-corrected chi connectivity index (χ0v) is 11.7. The van der Waals surface area contributed by atoms with Crippen LogP contribution in [0, 0.1) is 10.1 Å². The van der Waals surface area contributed by atoms with Crippen LogP contribution in [-0.2, 0) is 6.54 Å². The average Bonchev–Trinajstić information content (AvgIpc) is 2.87. The van der Waals surface area contributed by atoms with Gasteiger partial charge in [-0.1, -0.05) is 5.21 Å². The largest absolute Gasteiger partial charge is 0.496 e. The highest BCUT2D eigenvalue weighted by Crippen LogP contribution is 2.25. The van der Waals surface area contributed by atoms with Crippen molar-refractivity contribution in [2.24, 2.45) is 0 Å². The molecular formula is C12H13ClN4O3. The van der Waals surface area contributed by atoms with Crippen LogP contribution in [0.2, 0.25) is 0 Å². The molecule has 0 spiro atoms. The van der Waals surface area contributed by atoms with Crippen LogP contribution in [0.25, 0.3) is 0 Å². The molecule has 0 radical (unpaired) electrons. The predicted octanol–water partition coefficient (Wildman–Crippen LogP) is 2.54. The van der Waals surface area contributed by atoms with Gasteiger partial charge in [0.25, 0.3) is 5.69 Å². The first-order chi connectivity index (χ1) is 9.51. The maximum atomic E-state index is 10.8. The molecule has 0 fully saturated rings. The molecule has 106 valence electrons. The summed E-state index contributed by atoms with van der Waals surface area (Å²) in [6, 6.07) is 4.43. The van der Waals surface area contributed by atoms with Gasteiger partial charge in [-0.15, -0.1) is 16.7 Å². The number of methoxy groups -OCH3 is 1. The number of rotatable bonds is 5. The van der Waals surface area contributed by atoms with Crippen LogP contribution in [0.4, 0.5) is 5.69 Å². The summed E-state index contributed by atoms with van der Waals surface area (Å²) in [4.78, 5) is 10.4. The van der Waals surface area contributed by atoms with Crippen molar-refractivity contribution >= 4 is 17.3 Å². The first kappa shape index (κ1) is 14.3. The van der Waals surface area contributed by atoms with Gasteiger partial charge in [-0.05, 0) is 13.0 Å². The van der Waals surface area contributed by atoms with Crippen molar-refractivity contribution in [1.29, 1.82) is 0 Å². The maximum absolute atomic E-state index is 10.8. The molecule has 1 aromatic carbocycles. The van der Waals surface area contributed by atoms with E-state index >= 15 is 0 Å². The Morgan fingerprint density at radius 1 is 1.55 bits per heavy atom. The summed E-state index contributed by atoms with van der Waals surface area (Å²) in [5.41, 5.74) is 1.31. The van der Waals surface area contributed by atoms with E-state index in [2.05, 4.69) is 10.3 Å². The average molecular weight is 297 g/mol. The highest BCUT2D eigenvalue weighted by atomic mass is 35.5. The fourth-order valence-electron chi connectivity index (χ4n) is 1.75. The Kier molecular flexibility index (Phi) is 4.19. The number of nitro groups is 1. The van der Waals surface area contributed by atoms with Gasteiger partial charge in [-0.2, -0.15) is 0 Å². The molecule has 2 aromatic rings. The molecule has 20 heavy (non-hydrogen) atoms. The minimum atomic E-state index is -0.448. The highest BCUT2D eigenvalue weighted by molar-refractivity contribution is 6.20. The molecule has 7 nitrogen and oxygen atoms in total. The van der Waals surface area contributed by atoms with Gasteiger partial charge in [0.05, 0.1) is 30.2 Å². The van der Waals surface area contributed by atoms with E-state index < -0.39 is 4.92 Å². The summed E-state index contributed by atoms with van der Waals surface area (Å²) in [6.45, 7) is 2.12. The number of alkyl halides is 1. The standard InChI is InChI=1S/C12H13ClN4O3/c1-8(13)11-7-16(15-14-11)6-9-5-10(17(18)19)3-4-12(9)20-2/h3-5,7-8H,6H2,1-2H3. The number of nitrogens with zero attached hydrogens (tertiary/aromatic N) is 4. The second-order valence-corrected chi connectivity index (χ2v) is 4.86. The number of non-ortho nitro benzene ring substituents is 1. The van der Waals surface area contributed by atoms with Gasteiger partial charge < -0.3 is 4.74 Å². The Bertz CT molecular complexity index is 627. The summed E-state index contributed by atoms with van der Waals surface area (Å²) in [5, 5.41) is 18.4. The molecule has 0 saturated heterocycles. The minimum absolute atomic E-state index is 0.00634. The normalized spacial score (nSPS) is 12.2. The van der Waals surface area contributed by atoms with Gasteiger partial charge in [-0.25, -0.2) is 4.68 Å². The van der Waals surface area contributed by atoms with Crippen molar-refractivity contribution in [3.05, 3.63) is 45.8 Å². The number of aromatic nitrogens is 3. The Balaban J connectivity index is 2.30. The van der Waals surface area contributed by atoms with Crippen LogP contribution in [0.5, 0.6) is 5.75 Å². The topological polar surface area (TPSA) is 83.1 Å². The summed E-state index contributed by atoms with van der Waals surface area (Å²) >= 11 is 5.91. The molecular weight excluding hydrogens is 284 g/mol. The maximum Gasteiger partial charge on any atom is 0.270 e. The first-order valence-electron chi connectivity index (χ1n) is 5.86. The summed E-state index contributed by atoms with van der Waals surface area (Å²) < 4.78 is 6.76. The lowest BCUT2D eigenvalue weighted by molar-refractivity contribution is -0.384. The smallest absolute Gasteiger partial charge is 0.270 e. The van der Waals surface area contributed by atoms with Gasteiger partial charge >= 0.3 is 0 Å². The monoisotopic (exact) mass is 296 g/mol. The molecule has 1 unspecified atom stereocenters. The van der Waals surface area contributed by atoms with Crippen molar-refractivity contribution in [2.75, 3.05) is 7.11 Å². The third-order valence-electron chi connectivity index (χ3n) is 2.77. The van der Waals surface area contributed by atoms with Crippen LogP contribution < -0.4 is 4.74 Å². The van der Waals surface area contributed by atoms with E-state index in [0.717, 1.165) is 0 Å². The van der Waals surface area contributed by atoms with Crippen LogP contribution in [-0.4, -0.2) is 27.0 Å². The zero-order valence-electron chi connectivity index (χ0n) is 11.0. The number of hydrogen-bond acceptors (Lipinski definition) is 5. The molecule has 0 N–H and O–H groups in total. The lowest BCUT2D eigenvalue weighted by Gasteiger charge is -2.07. The summed E-state index contributed by atoms with van der Waals surface area (Å²) in [7, 11) is 1.51. The van der Waals surface area contributed by atoms with Crippen molar-refractivity contribution in [2.45, 2.75) is 18.8 Å². The van der Waals surface area contributed by atoms with Crippen LogP contribution in [0.15, 0.2) is 24.4 Å². The van der Waals surface area contributed by atoms with Crippen molar-refractivity contribution in [1.82, 2.24) is 15.0 Å². The molecule has 0 aliphatic carbocycles. The number of halogens is 1. The van der Waals surface area contributed by atoms with Crippen LogP contribution in [0.3, 0.4) is 0 Å². The third kappa shape index (κ3) is 3.05. The van der Waals surface area contributed by atoms with E-state index in [1.807, 2.05) is 0 Å². The van der Waals surface area contributed by atoms with Crippen LogP contribution in [0.1, 0.15) is 23.6 Å². The van der Waals surface area contributed by atoms with Gasteiger partial charge in [0.15, 0.2) is 0 Å². The fraction of sp³-hybridized carbons (Fsp3) is 0.333. The molecule has 8 heteroatoms. The number of hydrogen-bond donors (Lipinski definition) is 0. The molecule has 0 aliphatic rings. The zero-order chi connectivity index (χ0) is 14.7. The molecule has 0 saturated carbocycles. The lowest BCUT2D eigenvalue weighted by Crippen LogP contribution is -2.03. The van der Waals surface area contributed by atoms with Crippen molar-refractivity contribution in [3.8, 4) is 5.75 Å². The molecule has 0 bridgehead atoms. The van der Waals surface area contributed by atoms with Gasteiger partial charge in [-0.3, -0.25) is 10.1 Å². The fourth-order valence-corrected chi connectivity index (χ4v) is 1.85. The second kappa shape index (κ2) is 5.87. The van der Waals surface area contributed by atoms with Crippen molar-refractivity contribution < 1.29 is 9.66 Å². The van der Waals surface area contributed by atoms with E-state index in [9.17, 15) is 10.1 Å². The van der Waals surface area contributed by atoms with Crippen molar-refractivity contribution in [3.63, 3.8) is 0 Å². The first-order valence-corrected chi connectivity index (χ1v) is 6.30. The molecule has 1 aromatic heterocycles. The van der Waals surface area contributed by atoms with Gasteiger partial charge in [0, 0.05) is 17.7 Å². The van der Waals surface area contributed by atoms with E-state index in [4.69, 9.17) is 16.3 Å². The Morgan fingerprint density at radius 3 is 2.85 bits per heavy atom. The van der Waals surface area contributed by atoms with E-state index in [-0.39, 0.29) is 11.1 Å². The summed E-state index contributed by atoms with van der Waals surface area (Å²) in [6.07, 6.45) is 1.70. The summed E-state index contributed by atoms with van der Waals surface area (Å²) in [5.74, 6) is 0.562. The number of benzene rings is 1. The third-order valence-corrected chi connectivity index (χ3v) is 2.99. The molecule has 0 aliphatic heterocycles. The van der Waals surface area contributed by atoms with E-state index in [1.54, 1.807) is 23.9 Å². The predicted molar refractivity (Wildman–Crippen MR) is 73.0 cm³/mol. The molecule has 1 atom stereocenters. The second-order valence-electron chi connectivity index (χ2n) is 4.21. The van der Waals surface area contributed by atoms with Gasteiger partial charge in [0.2, 0.25) is 0 Å². The number of nitro benzene ring substituents is 1. The van der Waals surface area contributed by atoms with E-state index in [0.29, 0.717) is 23.6 Å². The van der Waals surface area contributed by atoms with E-state index in [1.165, 1.54) is 19.2 Å². The lowest BCUT2D eigenvalue weighted by atomic mass is 10.1. The minimum Gasteiger partial charge on any atom is -0.496 e. The highest BCUT2D eigenvalue weighted by Gasteiger charge is 2.13. The Morgan fingerprint density at radius 2 is 2.30 bits per heavy atom. The number of ether oxygens (including phenoxy) is 1.